The van der Waals surface area contributed by atoms with Crippen molar-refractivity contribution in [1.29, 1.82) is 0 Å². The average Bonchev–Trinajstić information content (AvgIpc) is 2.70. The third-order valence-corrected chi connectivity index (χ3v) is 6.26. The third-order valence-electron chi connectivity index (χ3n) is 4.34. The van der Waals surface area contributed by atoms with Crippen LogP contribution in [0.1, 0.15) is 11.1 Å². The number of nitrogens with zero attached hydrogens (tertiary/aromatic N) is 3. The zero-order valence-corrected chi connectivity index (χ0v) is 16.9. The maximum atomic E-state index is 13.0. The molecule has 0 aliphatic carbocycles. The molecule has 150 valence electrons. The molecule has 3 aromatic rings. The second-order valence-electron chi connectivity index (χ2n) is 6.45. The predicted octanol–water partition coefficient (Wildman–Crippen LogP) is 4.22. The van der Waals surface area contributed by atoms with E-state index in [0.717, 1.165) is 11.8 Å². The van der Waals surface area contributed by atoms with E-state index in [9.17, 15) is 18.5 Å². The molecule has 0 saturated carbocycles. The van der Waals surface area contributed by atoms with E-state index in [2.05, 4.69) is 4.98 Å². The highest BCUT2D eigenvalue weighted by molar-refractivity contribution is 7.92. The molecule has 29 heavy (non-hydrogen) atoms. The monoisotopic (exact) mass is 413 g/mol. The minimum Gasteiger partial charge on any atom is -0.439 e. The zero-order valence-electron chi connectivity index (χ0n) is 16.1. The highest BCUT2D eigenvalue weighted by Crippen LogP contribution is 2.28. The van der Waals surface area contributed by atoms with Crippen molar-refractivity contribution in [1.82, 2.24) is 4.98 Å². The maximum absolute atomic E-state index is 13.0. The smallest absolute Gasteiger partial charge is 0.287 e. The van der Waals surface area contributed by atoms with Crippen molar-refractivity contribution in [3.63, 3.8) is 0 Å². The van der Waals surface area contributed by atoms with Gasteiger partial charge in [0.05, 0.1) is 15.5 Å². The Kier molecular flexibility index (Phi) is 5.51. The van der Waals surface area contributed by atoms with Gasteiger partial charge in [0.2, 0.25) is 5.88 Å². The number of aromatic nitrogens is 1. The number of ether oxygens (including phenoxy) is 1. The average molecular weight is 413 g/mol. The Morgan fingerprint density at radius 2 is 1.72 bits per heavy atom. The fourth-order valence-corrected chi connectivity index (χ4v) is 4.16. The van der Waals surface area contributed by atoms with Crippen LogP contribution in [0.4, 0.5) is 11.4 Å². The van der Waals surface area contributed by atoms with E-state index in [1.165, 1.54) is 23.5 Å². The Morgan fingerprint density at radius 3 is 2.31 bits per heavy atom. The normalized spacial score (nSPS) is 11.1. The standard InChI is InChI=1S/C20H19N3O5S/c1-14-4-5-15(2)19(12-14)29(26,27)22(3)16-6-9-18(10-7-16)28-20-11-8-17(13-21-20)23(24)25/h4-13H,1-3H3. The summed E-state index contributed by atoms with van der Waals surface area (Å²) in [6, 6.07) is 14.4. The molecular weight excluding hydrogens is 394 g/mol. The minimum atomic E-state index is -3.71. The lowest BCUT2D eigenvalue weighted by Crippen LogP contribution is -2.27. The highest BCUT2D eigenvalue weighted by atomic mass is 32.2. The number of hydrogen-bond acceptors (Lipinski definition) is 6. The van der Waals surface area contributed by atoms with Crippen LogP contribution in [0.3, 0.4) is 0 Å². The SMILES string of the molecule is Cc1ccc(C)c(S(=O)(=O)N(C)c2ccc(Oc3ccc([N+](=O)[O-])cn3)cc2)c1. The van der Waals surface area contributed by atoms with Crippen LogP contribution in [0.2, 0.25) is 0 Å². The third kappa shape index (κ3) is 4.35. The first-order valence-corrected chi connectivity index (χ1v) is 10.1. The molecule has 0 aliphatic heterocycles. The largest absolute Gasteiger partial charge is 0.439 e. The molecule has 0 fully saturated rings. The number of anilines is 1. The Balaban J connectivity index is 1.80. The summed E-state index contributed by atoms with van der Waals surface area (Å²) in [7, 11) is -2.22. The van der Waals surface area contributed by atoms with Gasteiger partial charge in [-0.3, -0.25) is 14.4 Å². The number of hydrogen-bond donors (Lipinski definition) is 0. The van der Waals surface area contributed by atoms with Crippen molar-refractivity contribution in [2.75, 3.05) is 11.4 Å². The van der Waals surface area contributed by atoms with E-state index in [1.807, 2.05) is 13.0 Å². The molecule has 2 aromatic carbocycles. The van der Waals surface area contributed by atoms with E-state index < -0.39 is 14.9 Å². The number of sulfonamides is 1. The molecule has 0 unspecified atom stereocenters. The molecular formula is C20H19N3O5S. The maximum Gasteiger partial charge on any atom is 0.287 e. The molecule has 8 nitrogen and oxygen atoms in total. The lowest BCUT2D eigenvalue weighted by atomic mass is 10.2. The van der Waals surface area contributed by atoms with E-state index >= 15 is 0 Å². The van der Waals surface area contributed by atoms with Crippen LogP contribution in [0.5, 0.6) is 11.6 Å². The van der Waals surface area contributed by atoms with E-state index in [0.29, 0.717) is 17.0 Å². The number of nitro groups is 1. The Hall–Kier alpha value is -3.46. The van der Waals surface area contributed by atoms with Crippen molar-refractivity contribution in [2.24, 2.45) is 0 Å². The van der Waals surface area contributed by atoms with Gasteiger partial charge >= 0.3 is 0 Å². The Bertz CT molecular complexity index is 1140. The van der Waals surface area contributed by atoms with Gasteiger partial charge in [0, 0.05) is 19.2 Å². The summed E-state index contributed by atoms with van der Waals surface area (Å²) in [6.07, 6.45) is 1.11. The second kappa shape index (κ2) is 7.88. The van der Waals surface area contributed by atoms with E-state index in [4.69, 9.17) is 4.74 Å². The Morgan fingerprint density at radius 1 is 1.03 bits per heavy atom. The summed E-state index contributed by atoms with van der Waals surface area (Å²) in [6.45, 7) is 3.60. The van der Waals surface area contributed by atoms with Gasteiger partial charge in [-0.15, -0.1) is 0 Å². The summed E-state index contributed by atoms with van der Waals surface area (Å²) in [5.41, 5.74) is 1.87. The fourth-order valence-electron chi connectivity index (χ4n) is 2.66. The lowest BCUT2D eigenvalue weighted by molar-refractivity contribution is -0.385. The molecule has 0 amide bonds. The molecule has 0 saturated heterocycles. The molecule has 3 rings (SSSR count). The van der Waals surface area contributed by atoms with Crippen molar-refractivity contribution < 1.29 is 18.1 Å². The number of aryl methyl sites for hydroxylation is 2. The molecule has 0 spiro atoms. The van der Waals surface area contributed by atoms with Crippen molar-refractivity contribution in [3.8, 4) is 11.6 Å². The molecule has 0 bridgehead atoms. The summed E-state index contributed by atoms with van der Waals surface area (Å²) in [4.78, 5) is 14.3. The highest BCUT2D eigenvalue weighted by Gasteiger charge is 2.23. The minimum absolute atomic E-state index is 0.133. The van der Waals surface area contributed by atoms with Crippen molar-refractivity contribution in [2.45, 2.75) is 18.7 Å². The molecule has 0 atom stereocenters. The fraction of sp³-hybridized carbons (Fsp3) is 0.150. The Labute approximate surface area is 168 Å². The van der Waals surface area contributed by atoms with Gasteiger partial charge in [-0.25, -0.2) is 13.4 Å². The van der Waals surface area contributed by atoms with Gasteiger partial charge in [-0.2, -0.15) is 0 Å². The molecule has 0 radical (unpaired) electrons. The quantitative estimate of drug-likeness (QED) is 0.443. The van der Waals surface area contributed by atoms with Crippen LogP contribution in [-0.2, 0) is 10.0 Å². The van der Waals surface area contributed by atoms with Crippen LogP contribution in [0.25, 0.3) is 0 Å². The molecule has 1 aromatic heterocycles. The summed E-state index contributed by atoms with van der Waals surface area (Å²) >= 11 is 0. The van der Waals surface area contributed by atoms with Crippen LogP contribution >= 0.6 is 0 Å². The zero-order chi connectivity index (χ0) is 21.2. The molecule has 1 heterocycles. The van der Waals surface area contributed by atoms with Crippen LogP contribution < -0.4 is 9.04 Å². The van der Waals surface area contributed by atoms with E-state index in [1.54, 1.807) is 43.3 Å². The van der Waals surface area contributed by atoms with Crippen LogP contribution in [-0.4, -0.2) is 25.4 Å². The van der Waals surface area contributed by atoms with Gasteiger partial charge < -0.3 is 4.74 Å². The summed E-state index contributed by atoms with van der Waals surface area (Å²) in [5.74, 6) is 0.618. The molecule has 0 N–H and O–H groups in total. The topological polar surface area (TPSA) is 103 Å². The van der Waals surface area contributed by atoms with Gasteiger partial charge in [-0.05, 0) is 55.3 Å². The lowest BCUT2D eigenvalue weighted by Gasteiger charge is -2.21. The number of rotatable bonds is 6. The van der Waals surface area contributed by atoms with E-state index in [-0.39, 0.29) is 16.5 Å². The summed E-state index contributed by atoms with van der Waals surface area (Å²) < 4.78 is 32.8. The van der Waals surface area contributed by atoms with Crippen molar-refractivity contribution in [3.05, 3.63) is 82.0 Å². The van der Waals surface area contributed by atoms with Gasteiger partial charge in [-0.1, -0.05) is 12.1 Å². The number of pyridine rings is 1. The summed E-state index contributed by atoms with van der Waals surface area (Å²) in [5, 5.41) is 10.7. The second-order valence-corrected chi connectivity index (χ2v) is 8.39. The van der Waals surface area contributed by atoms with Gasteiger partial charge in [0.25, 0.3) is 15.7 Å². The predicted molar refractivity (Wildman–Crippen MR) is 109 cm³/mol. The van der Waals surface area contributed by atoms with Gasteiger partial charge in [0.1, 0.15) is 11.9 Å². The van der Waals surface area contributed by atoms with Crippen LogP contribution in [0, 0.1) is 24.0 Å². The first-order chi connectivity index (χ1) is 13.7. The first kappa shape index (κ1) is 20.3. The first-order valence-electron chi connectivity index (χ1n) is 8.63. The number of benzene rings is 2. The molecule has 0 aliphatic rings. The molecule has 9 heteroatoms. The van der Waals surface area contributed by atoms with Crippen LogP contribution in [0.15, 0.2) is 65.7 Å². The van der Waals surface area contributed by atoms with Gasteiger partial charge in [0.15, 0.2) is 0 Å². The van der Waals surface area contributed by atoms with Crippen molar-refractivity contribution >= 4 is 21.4 Å².